The Hall–Kier alpha value is -2.67. The number of nitriles is 1. The van der Waals surface area contributed by atoms with Crippen molar-refractivity contribution in [3.05, 3.63) is 54.1 Å². The molecule has 0 fully saturated rings. The van der Waals surface area contributed by atoms with Crippen LogP contribution in [0.3, 0.4) is 0 Å². The molecule has 2 aromatic heterocycles. The molecule has 0 aliphatic heterocycles. The first-order valence-electron chi connectivity index (χ1n) is 5.60. The van der Waals surface area contributed by atoms with Crippen molar-refractivity contribution in [3.63, 3.8) is 0 Å². The molecule has 0 amide bonds. The van der Waals surface area contributed by atoms with Gasteiger partial charge >= 0.3 is 0 Å². The van der Waals surface area contributed by atoms with Crippen molar-refractivity contribution < 1.29 is 0 Å². The highest BCUT2D eigenvalue weighted by Crippen LogP contribution is 2.22. The number of hydrogen-bond acceptors (Lipinski definition) is 3. The van der Waals surface area contributed by atoms with Gasteiger partial charge in [-0.3, -0.25) is 9.55 Å². The number of pyridine rings is 1. The lowest BCUT2D eigenvalue weighted by atomic mass is 10.2. The minimum Gasteiger partial charge on any atom is -0.294 e. The van der Waals surface area contributed by atoms with Gasteiger partial charge in [-0.2, -0.15) is 5.26 Å². The molecule has 0 bridgehead atoms. The Morgan fingerprint density at radius 1 is 1.22 bits per heavy atom. The summed E-state index contributed by atoms with van der Waals surface area (Å²) in [5.41, 5.74) is 3.27. The molecule has 4 nitrogen and oxygen atoms in total. The van der Waals surface area contributed by atoms with Crippen molar-refractivity contribution in [2.24, 2.45) is 0 Å². The summed E-state index contributed by atoms with van der Waals surface area (Å²) >= 11 is 0. The smallest absolute Gasteiger partial charge is 0.111 e. The predicted octanol–water partition coefficient (Wildman–Crippen LogP) is 2.60. The van der Waals surface area contributed by atoms with Crippen LogP contribution in [0.1, 0.15) is 11.4 Å². The maximum Gasteiger partial charge on any atom is 0.111 e. The fraction of sp³-hybridized carbons (Fsp3) is 0.0714. The van der Waals surface area contributed by atoms with E-state index in [0.29, 0.717) is 5.56 Å². The number of aryl methyl sites for hydroxylation is 1. The van der Waals surface area contributed by atoms with Crippen molar-refractivity contribution in [1.29, 1.82) is 5.26 Å². The molecule has 0 aliphatic carbocycles. The predicted molar refractivity (Wildman–Crippen MR) is 68.3 cm³/mol. The van der Waals surface area contributed by atoms with Gasteiger partial charge in [-0.15, -0.1) is 0 Å². The van der Waals surface area contributed by atoms with Crippen molar-refractivity contribution in [3.8, 4) is 11.8 Å². The molecular weight excluding hydrogens is 224 g/mol. The molecule has 3 rings (SSSR count). The Labute approximate surface area is 104 Å². The lowest BCUT2D eigenvalue weighted by Gasteiger charge is -2.07. The number of fused-ring (bicyclic) bond motifs is 1. The topological polar surface area (TPSA) is 54.5 Å². The third kappa shape index (κ3) is 1.45. The van der Waals surface area contributed by atoms with E-state index in [4.69, 9.17) is 5.26 Å². The van der Waals surface area contributed by atoms with Crippen molar-refractivity contribution >= 4 is 11.0 Å². The van der Waals surface area contributed by atoms with E-state index in [1.165, 1.54) is 0 Å². The SMILES string of the molecule is Cc1nc2ccccc2n1-c1cnccc1C#N. The van der Waals surface area contributed by atoms with E-state index in [0.717, 1.165) is 22.5 Å². The summed E-state index contributed by atoms with van der Waals surface area (Å²) in [6, 6.07) is 11.8. The zero-order valence-electron chi connectivity index (χ0n) is 9.83. The molecule has 1 aromatic carbocycles. The third-order valence-corrected chi connectivity index (χ3v) is 2.89. The van der Waals surface area contributed by atoms with Crippen LogP contribution >= 0.6 is 0 Å². The molecule has 3 aromatic rings. The maximum absolute atomic E-state index is 9.17. The van der Waals surface area contributed by atoms with Crippen LogP contribution < -0.4 is 0 Å². The maximum atomic E-state index is 9.17. The summed E-state index contributed by atoms with van der Waals surface area (Å²) in [6.07, 6.45) is 3.32. The summed E-state index contributed by atoms with van der Waals surface area (Å²) in [6.45, 7) is 1.92. The molecule has 4 heteroatoms. The third-order valence-electron chi connectivity index (χ3n) is 2.89. The minimum absolute atomic E-state index is 0.594. The Balaban J connectivity index is 2.39. The molecule has 0 saturated carbocycles. The Morgan fingerprint density at radius 2 is 2.06 bits per heavy atom. The number of para-hydroxylation sites is 2. The summed E-state index contributed by atoms with van der Waals surface area (Å²) in [5, 5.41) is 9.17. The van der Waals surface area contributed by atoms with Crippen LogP contribution in [0, 0.1) is 18.3 Å². The molecule has 0 spiro atoms. The first kappa shape index (κ1) is 10.5. The highest BCUT2D eigenvalue weighted by Gasteiger charge is 2.11. The lowest BCUT2D eigenvalue weighted by molar-refractivity contribution is 0.985. The summed E-state index contributed by atoms with van der Waals surface area (Å²) in [5.74, 6) is 0.848. The highest BCUT2D eigenvalue weighted by molar-refractivity contribution is 5.78. The van der Waals surface area contributed by atoms with E-state index in [-0.39, 0.29) is 0 Å². The first-order valence-corrected chi connectivity index (χ1v) is 5.60. The highest BCUT2D eigenvalue weighted by atomic mass is 15.1. The van der Waals surface area contributed by atoms with E-state index in [9.17, 15) is 0 Å². The van der Waals surface area contributed by atoms with Gasteiger partial charge in [-0.25, -0.2) is 4.98 Å². The van der Waals surface area contributed by atoms with Gasteiger partial charge in [0.15, 0.2) is 0 Å². The van der Waals surface area contributed by atoms with E-state index in [1.54, 1.807) is 18.5 Å². The fourth-order valence-electron chi connectivity index (χ4n) is 2.11. The van der Waals surface area contributed by atoms with Crippen molar-refractivity contribution in [2.75, 3.05) is 0 Å². The number of rotatable bonds is 1. The van der Waals surface area contributed by atoms with Crippen LogP contribution in [0.4, 0.5) is 0 Å². The minimum atomic E-state index is 0.594. The molecule has 2 heterocycles. The van der Waals surface area contributed by atoms with Crippen LogP contribution in [-0.2, 0) is 0 Å². The number of aromatic nitrogens is 3. The Kier molecular flexibility index (Phi) is 2.31. The van der Waals surface area contributed by atoms with E-state index in [1.807, 2.05) is 35.8 Å². The van der Waals surface area contributed by atoms with Gasteiger partial charge in [0.25, 0.3) is 0 Å². The first-order chi connectivity index (χ1) is 8.81. The number of hydrogen-bond donors (Lipinski definition) is 0. The Morgan fingerprint density at radius 3 is 2.89 bits per heavy atom. The second kappa shape index (κ2) is 3.97. The molecule has 0 radical (unpaired) electrons. The van der Waals surface area contributed by atoms with Gasteiger partial charge in [-0.1, -0.05) is 12.1 Å². The van der Waals surface area contributed by atoms with E-state index in [2.05, 4.69) is 16.0 Å². The largest absolute Gasteiger partial charge is 0.294 e. The zero-order chi connectivity index (χ0) is 12.5. The molecular formula is C14H10N4. The van der Waals surface area contributed by atoms with Crippen molar-refractivity contribution in [1.82, 2.24) is 14.5 Å². The average Bonchev–Trinajstić information content (AvgIpc) is 2.74. The number of imidazole rings is 1. The molecule has 0 aliphatic rings. The number of benzene rings is 1. The van der Waals surface area contributed by atoms with Crippen LogP contribution in [0.2, 0.25) is 0 Å². The molecule has 18 heavy (non-hydrogen) atoms. The van der Waals surface area contributed by atoms with Gasteiger partial charge in [0.05, 0.1) is 28.5 Å². The summed E-state index contributed by atoms with van der Waals surface area (Å²) in [4.78, 5) is 8.59. The molecule has 86 valence electrons. The lowest BCUT2D eigenvalue weighted by Crippen LogP contribution is -2.00. The van der Waals surface area contributed by atoms with E-state index < -0.39 is 0 Å². The number of nitrogens with zero attached hydrogens (tertiary/aromatic N) is 4. The molecule has 0 saturated heterocycles. The van der Waals surface area contributed by atoms with Crippen LogP contribution in [0.5, 0.6) is 0 Å². The molecule has 0 unspecified atom stereocenters. The van der Waals surface area contributed by atoms with Gasteiger partial charge in [-0.05, 0) is 25.1 Å². The van der Waals surface area contributed by atoms with Crippen molar-refractivity contribution in [2.45, 2.75) is 6.92 Å². The average molecular weight is 234 g/mol. The zero-order valence-corrected chi connectivity index (χ0v) is 9.83. The Bertz CT molecular complexity index is 765. The summed E-state index contributed by atoms with van der Waals surface area (Å²) in [7, 11) is 0. The standard InChI is InChI=1S/C14H10N4/c1-10-17-12-4-2-3-5-13(12)18(10)14-9-16-7-6-11(14)8-15/h2-7,9H,1H3. The molecule has 0 atom stereocenters. The van der Waals surface area contributed by atoms with Crippen LogP contribution in [0.15, 0.2) is 42.7 Å². The molecule has 0 N–H and O–H groups in total. The second-order valence-electron chi connectivity index (χ2n) is 3.99. The van der Waals surface area contributed by atoms with Crippen LogP contribution in [-0.4, -0.2) is 14.5 Å². The van der Waals surface area contributed by atoms with Gasteiger partial charge < -0.3 is 0 Å². The monoisotopic (exact) mass is 234 g/mol. The normalized spacial score (nSPS) is 10.4. The quantitative estimate of drug-likeness (QED) is 0.650. The van der Waals surface area contributed by atoms with Gasteiger partial charge in [0.2, 0.25) is 0 Å². The van der Waals surface area contributed by atoms with Crippen LogP contribution in [0.25, 0.3) is 16.7 Å². The second-order valence-corrected chi connectivity index (χ2v) is 3.99. The van der Waals surface area contributed by atoms with E-state index >= 15 is 0 Å². The van der Waals surface area contributed by atoms with Gasteiger partial charge in [0.1, 0.15) is 11.9 Å². The van der Waals surface area contributed by atoms with Gasteiger partial charge in [0, 0.05) is 6.20 Å². The fourth-order valence-corrected chi connectivity index (χ4v) is 2.11. The summed E-state index contributed by atoms with van der Waals surface area (Å²) < 4.78 is 1.96.